The van der Waals surface area contributed by atoms with Crippen molar-refractivity contribution < 1.29 is 14.6 Å². The van der Waals surface area contributed by atoms with Crippen LogP contribution in [0.4, 0.5) is 11.4 Å². The molecule has 1 fully saturated rings. The first kappa shape index (κ1) is 12.4. The van der Waals surface area contributed by atoms with Gasteiger partial charge in [-0.3, -0.25) is 4.79 Å². The molecular weight excluding hydrogens is 244 g/mol. The average Bonchev–Trinajstić information content (AvgIpc) is 2.63. The monoisotopic (exact) mass is 262 g/mol. The molecule has 5 heteroatoms. The third kappa shape index (κ3) is 2.19. The quantitative estimate of drug-likeness (QED) is 0.800. The lowest BCUT2D eigenvalue weighted by molar-refractivity contribution is -0.123. The summed E-state index contributed by atoms with van der Waals surface area (Å²) in [5, 5.41) is 12.4. The number of aliphatic hydroxyl groups is 1. The molecule has 0 spiro atoms. The van der Waals surface area contributed by atoms with Gasteiger partial charge in [0.1, 0.15) is 0 Å². The molecule has 1 amide bonds. The second kappa shape index (κ2) is 4.51. The van der Waals surface area contributed by atoms with Crippen molar-refractivity contribution in [3.05, 3.63) is 23.8 Å². The fourth-order valence-electron chi connectivity index (χ4n) is 2.82. The molecule has 0 bridgehead atoms. The first-order chi connectivity index (χ1) is 9.04. The van der Waals surface area contributed by atoms with E-state index < -0.39 is 6.10 Å². The molecule has 3 atom stereocenters. The molecule has 2 aliphatic rings. The van der Waals surface area contributed by atoms with Gasteiger partial charge in [0.15, 0.2) is 6.10 Å². The van der Waals surface area contributed by atoms with Crippen molar-refractivity contribution in [2.24, 2.45) is 0 Å². The Bertz CT molecular complexity index is 507. The number of rotatable bonds is 1. The molecule has 0 saturated carbocycles. The third-order valence-electron chi connectivity index (χ3n) is 3.62. The molecule has 5 nitrogen and oxygen atoms in total. The maximum Gasteiger partial charge on any atom is 0.257 e. The van der Waals surface area contributed by atoms with Crippen molar-refractivity contribution in [3.63, 3.8) is 0 Å². The molecule has 1 aromatic carbocycles. The van der Waals surface area contributed by atoms with Gasteiger partial charge in [-0.25, -0.2) is 0 Å². The number of nitrogens with zero attached hydrogens (tertiary/aromatic N) is 1. The van der Waals surface area contributed by atoms with Gasteiger partial charge in [0, 0.05) is 30.0 Å². The van der Waals surface area contributed by atoms with Gasteiger partial charge in [0.25, 0.3) is 5.91 Å². The van der Waals surface area contributed by atoms with E-state index in [0.717, 1.165) is 18.8 Å². The van der Waals surface area contributed by atoms with E-state index in [0.29, 0.717) is 11.3 Å². The fraction of sp³-hybridized carbons (Fsp3) is 0.500. The Morgan fingerprint density at radius 3 is 2.68 bits per heavy atom. The summed E-state index contributed by atoms with van der Waals surface area (Å²) in [7, 11) is 0. The van der Waals surface area contributed by atoms with Gasteiger partial charge in [-0.15, -0.1) is 0 Å². The summed E-state index contributed by atoms with van der Waals surface area (Å²) in [6.45, 7) is 5.78. The zero-order chi connectivity index (χ0) is 13.6. The van der Waals surface area contributed by atoms with E-state index in [1.807, 2.05) is 18.2 Å². The molecule has 102 valence electrons. The van der Waals surface area contributed by atoms with E-state index in [4.69, 9.17) is 4.74 Å². The molecule has 2 heterocycles. The van der Waals surface area contributed by atoms with Gasteiger partial charge in [-0.05, 0) is 26.0 Å². The number of carbonyl (C=O) groups excluding carboxylic acids is 1. The summed E-state index contributed by atoms with van der Waals surface area (Å²) in [5.74, 6) is -0.351. The summed E-state index contributed by atoms with van der Waals surface area (Å²) >= 11 is 0. The van der Waals surface area contributed by atoms with Crippen molar-refractivity contribution in [2.75, 3.05) is 23.3 Å². The molecule has 1 saturated heterocycles. The second-order valence-corrected chi connectivity index (χ2v) is 5.33. The van der Waals surface area contributed by atoms with E-state index in [2.05, 4.69) is 24.1 Å². The molecule has 0 radical (unpaired) electrons. The Hall–Kier alpha value is -1.59. The van der Waals surface area contributed by atoms with E-state index in [9.17, 15) is 9.90 Å². The average molecular weight is 262 g/mol. The number of benzene rings is 1. The Kier molecular flexibility index (Phi) is 2.95. The number of aliphatic hydroxyl groups excluding tert-OH is 1. The standard InChI is InChI=1S/C14H18N2O3/c1-8-6-16(7-9(2)19-8)10-3-4-11-12(5-10)15-14(18)13(11)17/h3-5,8-9,13,17H,6-7H2,1-2H3,(H,15,18). The molecule has 19 heavy (non-hydrogen) atoms. The van der Waals surface area contributed by atoms with Gasteiger partial charge in [0.2, 0.25) is 0 Å². The predicted octanol–water partition coefficient (Wildman–Crippen LogP) is 1.29. The number of hydrogen-bond donors (Lipinski definition) is 2. The smallest absolute Gasteiger partial charge is 0.257 e. The number of amides is 1. The van der Waals surface area contributed by atoms with Crippen molar-refractivity contribution in [1.82, 2.24) is 0 Å². The number of hydrogen-bond acceptors (Lipinski definition) is 4. The molecule has 2 N–H and O–H groups in total. The lowest BCUT2D eigenvalue weighted by Gasteiger charge is -2.37. The maximum absolute atomic E-state index is 11.4. The molecule has 3 unspecified atom stereocenters. The largest absolute Gasteiger partial charge is 0.378 e. The highest BCUT2D eigenvalue weighted by Crippen LogP contribution is 2.34. The van der Waals surface area contributed by atoms with Gasteiger partial charge in [0.05, 0.1) is 12.2 Å². The van der Waals surface area contributed by atoms with Crippen LogP contribution in [-0.2, 0) is 9.53 Å². The van der Waals surface area contributed by atoms with Crippen molar-refractivity contribution in [3.8, 4) is 0 Å². The summed E-state index contributed by atoms with van der Waals surface area (Å²) in [6.07, 6.45) is -0.652. The Morgan fingerprint density at radius 2 is 2.00 bits per heavy atom. The lowest BCUT2D eigenvalue weighted by Crippen LogP contribution is -2.45. The van der Waals surface area contributed by atoms with Crippen LogP contribution in [0.1, 0.15) is 25.5 Å². The summed E-state index contributed by atoms with van der Waals surface area (Å²) in [4.78, 5) is 13.7. The van der Waals surface area contributed by atoms with E-state index in [1.165, 1.54) is 0 Å². The first-order valence-corrected chi connectivity index (χ1v) is 6.58. The van der Waals surface area contributed by atoms with Crippen molar-refractivity contribution in [1.29, 1.82) is 0 Å². The lowest BCUT2D eigenvalue weighted by atomic mass is 10.1. The van der Waals surface area contributed by atoms with E-state index in [-0.39, 0.29) is 18.1 Å². The number of nitrogens with one attached hydrogen (secondary N) is 1. The van der Waals surface area contributed by atoms with Crippen molar-refractivity contribution >= 4 is 17.3 Å². The zero-order valence-corrected chi connectivity index (χ0v) is 11.1. The van der Waals surface area contributed by atoms with Crippen LogP contribution in [0.15, 0.2) is 18.2 Å². The van der Waals surface area contributed by atoms with Crippen LogP contribution in [0.25, 0.3) is 0 Å². The first-order valence-electron chi connectivity index (χ1n) is 6.58. The second-order valence-electron chi connectivity index (χ2n) is 5.33. The van der Waals surface area contributed by atoms with Crippen LogP contribution in [0.5, 0.6) is 0 Å². The molecule has 0 aromatic heterocycles. The highest BCUT2D eigenvalue weighted by atomic mass is 16.5. The SMILES string of the molecule is CC1CN(c2ccc3c(c2)NC(=O)C3O)CC(C)O1. The number of morpholine rings is 1. The zero-order valence-electron chi connectivity index (χ0n) is 11.1. The molecule has 0 aliphatic carbocycles. The summed E-state index contributed by atoms with van der Waals surface area (Å²) in [6, 6.07) is 5.69. The predicted molar refractivity (Wildman–Crippen MR) is 72.3 cm³/mol. The third-order valence-corrected chi connectivity index (χ3v) is 3.62. The molecule has 3 rings (SSSR count). The van der Waals surface area contributed by atoms with Gasteiger partial charge < -0.3 is 20.1 Å². The number of fused-ring (bicyclic) bond motifs is 1. The van der Waals surface area contributed by atoms with Gasteiger partial charge in [-0.1, -0.05) is 6.07 Å². The van der Waals surface area contributed by atoms with Crippen LogP contribution in [0, 0.1) is 0 Å². The Balaban J connectivity index is 1.87. The number of anilines is 2. The minimum Gasteiger partial charge on any atom is -0.378 e. The van der Waals surface area contributed by atoms with Crippen molar-refractivity contribution in [2.45, 2.75) is 32.2 Å². The Labute approximate surface area is 112 Å². The van der Waals surface area contributed by atoms with Crippen LogP contribution in [0.2, 0.25) is 0 Å². The van der Waals surface area contributed by atoms with Crippen LogP contribution >= 0.6 is 0 Å². The van der Waals surface area contributed by atoms with E-state index >= 15 is 0 Å². The number of ether oxygens (including phenoxy) is 1. The maximum atomic E-state index is 11.4. The minimum absolute atomic E-state index is 0.192. The topological polar surface area (TPSA) is 61.8 Å². The van der Waals surface area contributed by atoms with Gasteiger partial charge in [-0.2, -0.15) is 0 Å². The van der Waals surface area contributed by atoms with Crippen LogP contribution in [-0.4, -0.2) is 36.3 Å². The molecular formula is C14H18N2O3. The van der Waals surface area contributed by atoms with E-state index in [1.54, 1.807) is 0 Å². The number of carbonyl (C=O) groups is 1. The molecule has 2 aliphatic heterocycles. The minimum atomic E-state index is -1.04. The van der Waals surface area contributed by atoms with Gasteiger partial charge >= 0.3 is 0 Å². The van der Waals surface area contributed by atoms with Crippen LogP contribution < -0.4 is 10.2 Å². The fourth-order valence-corrected chi connectivity index (χ4v) is 2.82. The highest BCUT2D eigenvalue weighted by molar-refractivity contribution is 6.02. The normalized spacial score (nSPS) is 30.2. The summed E-state index contributed by atoms with van der Waals surface area (Å²) in [5.41, 5.74) is 2.42. The summed E-state index contributed by atoms with van der Waals surface area (Å²) < 4.78 is 5.71. The molecule has 1 aromatic rings. The van der Waals surface area contributed by atoms with Crippen LogP contribution in [0.3, 0.4) is 0 Å². The highest BCUT2D eigenvalue weighted by Gasteiger charge is 2.30. The Morgan fingerprint density at radius 1 is 1.32 bits per heavy atom.